The number of rotatable bonds is 2. The second-order valence-corrected chi connectivity index (χ2v) is 7.61. The topological polar surface area (TPSA) is 37.4 Å². The maximum absolute atomic E-state index is 13.3. The van der Waals surface area contributed by atoms with E-state index in [2.05, 4.69) is 0 Å². The Morgan fingerprint density at radius 2 is 1.74 bits per heavy atom. The molecule has 0 saturated heterocycles. The lowest BCUT2D eigenvalue weighted by molar-refractivity contribution is -0.119. The fourth-order valence-corrected chi connectivity index (χ4v) is 4.41. The van der Waals surface area contributed by atoms with Gasteiger partial charge < -0.3 is 0 Å². The minimum absolute atomic E-state index is 0.0353. The summed E-state index contributed by atoms with van der Waals surface area (Å²) in [7, 11) is 0. The molecular formula is C21H16Cl2FNO2. The molecule has 0 radical (unpaired) electrons. The van der Waals surface area contributed by atoms with Crippen LogP contribution in [0.5, 0.6) is 0 Å². The van der Waals surface area contributed by atoms with Gasteiger partial charge in [-0.15, -0.1) is 0 Å². The molecule has 2 aromatic carbocycles. The van der Waals surface area contributed by atoms with Crippen molar-refractivity contribution in [2.45, 2.75) is 31.6 Å². The predicted octanol–water partition coefficient (Wildman–Crippen LogP) is 5.66. The fourth-order valence-electron chi connectivity index (χ4n) is 3.91. The number of ketones is 1. The van der Waals surface area contributed by atoms with E-state index in [4.69, 9.17) is 23.2 Å². The molecule has 1 atom stereocenters. The number of benzene rings is 2. The van der Waals surface area contributed by atoms with E-state index in [0.29, 0.717) is 46.3 Å². The van der Waals surface area contributed by atoms with Crippen LogP contribution in [0, 0.1) is 5.82 Å². The monoisotopic (exact) mass is 403 g/mol. The third kappa shape index (κ3) is 3.28. The van der Waals surface area contributed by atoms with Crippen molar-refractivity contribution >= 4 is 40.6 Å². The summed E-state index contributed by atoms with van der Waals surface area (Å²) in [5, 5.41) is 0.840. The Morgan fingerprint density at radius 3 is 2.44 bits per heavy atom. The maximum atomic E-state index is 13.3. The van der Waals surface area contributed by atoms with Gasteiger partial charge in [-0.05, 0) is 48.7 Å². The van der Waals surface area contributed by atoms with Crippen molar-refractivity contribution in [3.63, 3.8) is 0 Å². The van der Waals surface area contributed by atoms with Crippen molar-refractivity contribution in [1.82, 2.24) is 0 Å². The molecule has 3 nitrogen and oxygen atoms in total. The third-order valence-corrected chi connectivity index (χ3v) is 5.64. The quantitative estimate of drug-likeness (QED) is 0.648. The number of hydrogen-bond acceptors (Lipinski definition) is 2. The van der Waals surface area contributed by atoms with E-state index < -0.39 is 0 Å². The SMILES string of the molecule is O=C1CCCC2=C1C(c1ccc(F)cc1)CC(=O)N2c1ccc(Cl)cc1Cl. The van der Waals surface area contributed by atoms with E-state index in [0.717, 1.165) is 5.56 Å². The molecule has 1 amide bonds. The Bertz CT molecular complexity index is 969. The zero-order chi connectivity index (χ0) is 19.1. The van der Waals surface area contributed by atoms with Gasteiger partial charge in [-0.2, -0.15) is 0 Å². The second kappa shape index (κ2) is 7.10. The van der Waals surface area contributed by atoms with Gasteiger partial charge in [0, 0.05) is 35.1 Å². The van der Waals surface area contributed by atoms with Crippen molar-refractivity contribution in [2.75, 3.05) is 4.90 Å². The normalized spacial score (nSPS) is 20.1. The highest BCUT2D eigenvalue weighted by molar-refractivity contribution is 6.37. The maximum Gasteiger partial charge on any atom is 0.232 e. The van der Waals surface area contributed by atoms with Crippen molar-refractivity contribution in [3.05, 3.63) is 75.2 Å². The molecule has 0 saturated carbocycles. The largest absolute Gasteiger partial charge is 0.294 e. The first-order valence-electron chi connectivity index (χ1n) is 8.75. The first kappa shape index (κ1) is 18.2. The number of nitrogens with zero attached hydrogens (tertiary/aromatic N) is 1. The fraction of sp³-hybridized carbons (Fsp3) is 0.238. The minimum atomic E-state index is -0.358. The second-order valence-electron chi connectivity index (χ2n) is 6.77. The van der Waals surface area contributed by atoms with Gasteiger partial charge >= 0.3 is 0 Å². The molecule has 0 N–H and O–H groups in total. The first-order chi connectivity index (χ1) is 13.0. The van der Waals surface area contributed by atoms with Crippen LogP contribution < -0.4 is 4.90 Å². The summed E-state index contributed by atoms with van der Waals surface area (Å²) in [5.41, 5.74) is 2.64. The molecule has 0 bridgehead atoms. The molecule has 27 heavy (non-hydrogen) atoms. The van der Waals surface area contributed by atoms with E-state index in [1.807, 2.05) is 0 Å². The first-order valence-corrected chi connectivity index (χ1v) is 9.51. The Kier molecular flexibility index (Phi) is 4.79. The molecule has 1 unspecified atom stereocenters. The van der Waals surface area contributed by atoms with Crippen LogP contribution >= 0.6 is 23.2 Å². The van der Waals surface area contributed by atoms with Crippen LogP contribution in [-0.2, 0) is 9.59 Å². The van der Waals surface area contributed by atoms with Gasteiger partial charge in [-0.1, -0.05) is 35.3 Å². The lowest BCUT2D eigenvalue weighted by Gasteiger charge is -2.38. The number of amides is 1. The minimum Gasteiger partial charge on any atom is -0.294 e. The summed E-state index contributed by atoms with van der Waals surface area (Å²) in [5.74, 6) is -0.807. The molecule has 0 aromatic heterocycles. The van der Waals surface area contributed by atoms with Crippen molar-refractivity contribution in [2.24, 2.45) is 0 Å². The molecule has 4 rings (SSSR count). The predicted molar refractivity (Wildman–Crippen MR) is 104 cm³/mol. The summed E-state index contributed by atoms with van der Waals surface area (Å²) < 4.78 is 13.3. The lowest BCUT2D eigenvalue weighted by atomic mass is 9.77. The average molecular weight is 404 g/mol. The van der Waals surface area contributed by atoms with Gasteiger partial charge in [0.1, 0.15) is 5.82 Å². The molecule has 1 aliphatic heterocycles. The van der Waals surface area contributed by atoms with Crippen LogP contribution in [0.2, 0.25) is 10.0 Å². The number of carbonyl (C=O) groups is 2. The lowest BCUT2D eigenvalue weighted by Crippen LogP contribution is -2.40. The van der Waals surface area contributed by atoms with Gasteiger partial charge in [-0.3, -0.25) is 14.5 Å². The molecule has 0 fully saturated rings. The van der Waals surface area contributed by atoms with Crippen LogP contribution in [0.1, 0.15) is 37.2 Å². The Hall–Kier alpha value is -2.17. The number of halogens is 3. The van der Waals surface area contributed by atoms with E-state index >= 15 is 0 Å². The number of hydrogen-bond donors (Lipinski definition) is 0. The van der Waals surface area contributed by atoms with Crippen LogP contribution in [-0.4, -0.2) is 11.7 Å². The molecular weight excluding hydrogens is 388 g/mol. The van der Waals surface area contributed by atoms with Gasteiger partial charge in [0.05, 0.1) is 10.7 Å². The highest BCUT2D eigenvalue weighted by Crippen LogP contribution is 2.45. The van der Waals surface area contributed by atoms with E-state index in [1.165, 1.54) is 12.1 Å². The standard InChI is InChI=1S/C21H16Cl2FNO2/c22-13-6-9-17(16(23)10-13)25-18-2-1-3-19(26)21(18)15(11-20(25)27)12-4-7-14(24)8-5-12/h4-10,15H,1-3,11H2. The number of Topliss-reactive ketones (excluding diaryl/α,β-unsaturated/α-hetero) is 1. The number of anilines is 1. The molecule has 1 heterocycles. The molecule has 6 heteroatoms. The zero-order valence-corrected chi connectivity index (χ0v) is 15.9. The van der Waals surface area contributed by atoms with E-state index in [1.54, 1.807) is 35.2 Å². The summed E-state index contributed by atoms with van der Waals surface area (Å²) >= 11 is 12.3. The summed E-state index contributed by atoms with van der Waals surface area (Å²) in [6.07, 6.45) is 1.88. The highest BCUT2D eigenvalue weighted by atomic mass is 35.5. The zero-order valence-electron chi connectivity index (χ0n) is 14.3. The summed E-state index contributed by atoms with van der Waals surface area (Å²) in [4.78, 5) is 27.4. The van der Waals surface area contributed by atoms with Gasteiger partial charge in [0.25, 0.3) is 0 Å². The average Bonchev–Trinajstić information content (AvgIpc) is 2.63. The summed E-state index contributed by atoms with van der Waals surface area (Å²) in [6, 6.07) is 11.0. The number of carbonyl (C=O) groups excluding carboxylic acids is 2. The van der Waals surface area contributed by atoms with Gasteiger partial charge in [0.2, 0.25) is 5.91 Å². The van der Waals surface area contributed by atoms with Crippen LogP contribution in [0.25, 0.3) is 0 Å². The Labute approximate surface area is 166 Å². The molecule has 0 spiro atoms. The molecule has 2 aliphatic rings. The molecule has 1 aliphatic carbocycles. The molecule has 2 aromatic rings. The number of allylic oxidation sites excluding steroid dienone is 2. The Morgan fingerprint density at radius 1 is 1.00 bits per heavy atom. The highest BCUT2D eigenvalue weighted by Gasteiger charge is 2.40. The third-order valence-electron chi connectivity index (χ3n) is 5.10. The smallest absolute Gasteiger partial charge is 0.232 e. The van der Waals surface area contributed by atoms with E-state index in [-0.39, 0.29) is 29.8 Å². The van der Waals surface area contributed by atoms with Crippen LogP contribution in [0.3, 0.4) is 0 Å². The van der Waals surface area contributed by atoms with Crippen molar-refractivity contribution in [1.29, 1.82) is 0 Å². The molecule has 138 valence electrons. The summed E-state index contributed by atoms with van der Waals surface area (Å²) in [6.45, 7) is 0. The van der Waals surface area contributed by atoms with E-state index in [9.17, 15) is 14.0 Å². The van der Waals surface area contributed by atoms with Gasteiger partial charge in [0.15, 0.2) is 5.78 Å². The van der Waals surface area contributed by atoms with Crippen molar-refractivity contribution in [3.8, 4) is 0 Å². The van der Waals surface area contributed by atoms with Crippen molar-refractivity contribution < 1.29 is 14.0 Å². The van der Waals surface area contributed by atoms with Gasteiger partial charge in [-0.25, -0.2) is 4.39 Å². The van der Waals surface area contributed by atoms with Crippen LogP contribution in [0.15, 0.2) is 53.7 Å². The van der Waals surface area contributed by atoms with Crippen LogP contribution in [0.4, 0.5) is 10.1 Å². The Balaban J connectivity index is 1.87.